The van der Waals surface area contributed by atoms with Crippen LogP contribution in [-0.4, -0.2) is 50.2 Å². The minimum absolute atomic E-state index is 0.156. The molecule has 4 heteroatoms. The third-order valence-electron chi connectivity index (χ3n) is 5.13. The molecule has 2 unspecified atom stereocenters. The Labute approximate surface area is 145 Å². The normalized spacial score (nSPS) is 62.8. The third kappa shape index (κ3) is 1.28. The molecule has 116 valence electrons. The lowest BCUT2D eigenvalue weighted by Crippen LogP contribution is -2.64. The van der Waals surface area contributed by atoms with Crippen molar-refractivity contribution in [3.05, 3.63) is 35.4 Å². The fourth-order valence-electron chi connectivity index (χ4n) is 4.25. The van der Waals surface area contributed by atoms with E-state index >= 15 is 0 Å². The summed E-state index contributed by atoms with van der Waals surface area (Å²) in [5.41, 5.74) is -1.18. The van der Waals surface area contributed by atoms with Gasteiger partial charge in [0.15, 0.2) is 11.5 Å². The van der Waals surface area contributed by atoms with E-state index in [1.807, 2.05) is 0 Å². The zero-order chi connectivity index (χ0) is 24.5. The van der Waals surface area contributed by atoms with Crippen molar-refractivity contribution in [3.63, 3.8) is 0 Å². The zero-order valence-electron chi connectivity index (χ0n) is 22.6. The predicted octanol–water partition coefficient (Wildman–Crippen LogP) is 1.50. The van der Waals surface area contributed by atoms with Crippen molar-refractivity contribution in [1.29, 1.82) is 1.43 Å². The molecule has 1 aromatic rings. The highest BCUT2D eigenvalue weighted by molar-refractivity contribution is 5.62. The molecule has 5 atom stereocenters. The maximum atomic E-state index is 9.49. The van der Waals surface area contributed by atoms with Gasteiger partial charge in [0, 0.05) is 29.7 Å². The number of rotatable bonds is 2. The van der Waals surface area contributed by atoms with Gasteiger partial charge in [0.05, 0.1) is 13.9 Å². The molecule has 2 aliphatic heterocycles. The summed E-state index contributed by atoms with van der Waals surface area (Å²) in [7, 11) is -2.85. The summed E-state index contributed by atoms with van der Waals surface area (Å²) in [5.74, 6) is -2.49. The highest BCUT2D eigenvalue weighted by Gasteiger charge is 2.64. The molecule has 0 radical (unpaired) electrons. The molecule has 1 fully saturated rings. The monoisotopic (exact) mass is 310 g/mol. The third-order valence-corrected chi connectivity index (χ3v) is 5.13. The predicted molar refractivity (Wildman–Crippen MR) is 82.5 cm³/mol. The van der Waals surface area contributed by atoms with E-state index in [2.05, 4.69) is 5.11 Å². The summed E-state index contributed by atoms with van der Waals surface area (Å²) in [6.07, 6.45) is -3.20. The van der Waals surface area contributed by atoms with Gasteiger partial charge in [-0.15, -0.1) is 0 Å². The Kier molecular flexibility index (Phi) is 1.14. The Hall–Kier alpha value is -1.52. The summed E-state index contributed by atoms with van der Waals surface area (Å²) < 4.78 is 102. The summed E-state index contributed by atoms with van der Waals surface area (Å²) in [6.45, 7) is -2.92. The first kappa shape index (κ1) is 6.17. The Balaban J connectivity index is 1.87. The molecule has 4 nitrogen and oxygen atoms in total. The van der Waals surface area contributed by atoms with Gasteiger partial charge in [-0.05, 0) is 38.0 Å². The maximum Gasteiger partial charge on any atom is 0.211 e. The van der Waals surface area contributed by atoms with Crippen LogP contribution in [-0.2, 0) is 11.8 Å². The number of likely N-dealkylation sites (N-methyl/N-ethyl adjacent to an activating group) is 1. The molecule has 4 aliphatic rings. The van der Waals surface area contributed by atoms with Crippen molar-refractivity contribution in [1.82, 2.24) is 4.90 Å². The van der Waals surface area contributed by atoms with Gasteiger partial charge in [-0.1, -0.05) is 18.2 Å². The van der Waals surface area contributed by atoms with E-state index in [-0.39, 0.29) is 36.4 Å². The van der Waals surface area contributed by atoms with Crippen LogP contribution >= 0.6 is 0 Å². The molecule has 1 N–H and O–H groups in total. The lowest BCUT2D eigenvalue weighted by Gasteiger charge is -2.56. The minimum atomic E-state index is -2.85. The van der Waals surface area contributed by atoms with Crippen LogP contribution < -0.4 is 9.47 Å². The number of nitrogens with zero attached hydrogens (tertiary/aromatic N) is 1. The van der Waals surface area contributed by atoms with Gasteiger partial charge in [0.1, 0.15) is 12.2 Å². The summed E-state index contributed by atoms with van der Waals surface area (Å²) in [6, 6.07) is 0.704. The van der Waals surface area contributed by atoms with E-state index in [0.29, 0.717) is 5.56 Å². The van der Waals surface area contributed by atoms with Crippen molar-refractivity contribution in [3.8, 4) is 11.5 Å². The molecule has 2 heterocycles. The van der Waals surface area contributed by atoms with Gasteiger partial charge in [-0.3, -0.25) is 0 Å². The minimum Gasteiger partial charge on any atom is -0.493 e. The topological polar surface area (TPSA) is 41.9 Å². The first-order valence-corrected chi connectivity index (χ1v) is 7.17. The average Bonchev–Trinajstić information content (AvgIpc) is 2.95. The zero-order valence-corrected chi connectivity index (χ0v) is 11.6. The van der Waals surface area contributed by atoms with Crippen LogP contribution in [0.25, 0.3) is 0 Å². The van der Waals surface area contributed by atoms with Crippen LogP contribution in [0.15, 0.2) is 24.3 Å². The quantitative estimate of drug-likeness (QED) is 0.841. The number of piperidine rings is 1. The molecule has 1 saturated heterocycles. The molecular weight excluding hydrogens is 278 g/mol. The number of methoxy groups -OCH3 is 1. The molecule has 5 rings (SSSR count). The van der Waals surface area contributed by atoms with Gasteiger partial charge < -0.3 is 19.5 Å². The number of hydrogen-bond donors (Lipinski definition) is 1. The van der Waals surface area contributed by atoms with Crippen LogP contribution in [0.1, 0.15) is 31.3 Å². The van der Waals surface area contributed by atoms with Crippen molar-refractivity contribution in [2.75, 3.05) is 20.6 Å². The number of hydrogen-bond acceptors (Lipinski definition) is 4. The van der Waals surface area contributed by atoms with Gasteiger partial charge in [0.25, 0.3) is 0 Å². The molecule has 0 saturated carbocycles. The Morgan fingerprint density at radius 2 is 2.55 bits per heavy atom. The largest absolute Gasteiger partial charge is 0.493 e. The van der Waals surface area contributed by atoms with E-state index < -0.39 is 43.5 Å². The van der Waals surface area contributed by atoms with E-state index in [4.69, 9.17) is 20.5 Å². The Bertz CT molecular complexity index is 1080. The van der Waals surface area contributed by atoms with Crippen LogP contribution in [0.3, 0.4) is 0 Å². The highest BCUT2D eigenvalue weighted by atomic mass is 16.5. The first-order chi connectivity index (χ1) is 15.0. The molecule has 22 heavy (non-hydrogen) atoms. The van der Waals surface area contributed by atoms with E-state index in [1.54, 1.807) is 0 Å². The fraction of sp³-hybridized carbons (Fsp3) is 0.556. The second kappa shape index (κ2) is 4.06. The molecule has 1 spiro atoms. The molecule has 0 amide bonds. The van der Waals surface area contributed by atoms with Crippen LogP contribution in [0, 0.1) is 5.89 Å². The highest BCUT2D eigenvalue weighted by Crippen LogP contribution is 2.62. The lowest BCUT2D eigenvalue weighted by molar-refractivity contribution is -0.0453. The fourth-order valence-corrected chi connectivity index (χ4v) is 4.25. The van der Waals surface area contributed by atoms with Gasteiger partial charge in [0.2, 0.25) is 1.43 Å². The van der Waals surface area contributed by atoms with Gasteiger partial charge in [-0.25, -0.2) is 0 Å². The van der Waals surface area contributed by atoms with Crippen LogP contribution in [0.2, 0.25) is 0 Å². The van der Waals surface area contributed by atoms with Crippen molar-refractivity contribution < 1.29 is 28.3 Å². The Morgan fingerprint density at radius 1 is 1.55 bits per heavy atom. The van der Waals surface area contributed by atoms with Crippen molar-refractivity contribution >= 4 is 0 Å². The van der Waals surface area contributed by atoms with Gasteiger partial charge in [-0.2, -0.15) is 0 Å². The first-order valence-electron chi connectivity index (χ1n) is 12.6. The van der Waals surface area contributed by atoms with E-state index in [0.717, 1.165) is 11.0 Å². The summed E-state index contributed by atoms with van der Waals surface area (Å²) in [5, 5.41) is 4.63. The second-order valence-corrected chi connectivity index (χ2v) is 6.00. The molecule has 0 aromatic heterocycles. The van der Waals surface area contributed by atoms with Crippen molar-refractivity contribution in [2.45, 2.75) is 36.4 Å². The number of likely N-dealkylation sites (tertiary alicyclic amines) is 1. The van der Waals surface area contributed by atoms with Crippen LogP contribution in [0.4, 0.5) is 0 Å². The van der Waals surface area contributed by atoms with Crippen molar-refractivity contribution in [2.24, 2.45) is 5.89 Å². The summed E-state index contributed by atoms with van der Waals surface area (Å²) in [4.78, 5) is 0.954. The SMILES string of the molecule is [2H]OC1([2H])C=C[C@@]2([2H])[C@@]3([2H])Cc4ccc(OC([2H])([2H])[2H])c5c4[C@@]2(CCN3C([2H])([2H])[2H])C1([2H])O5. The van der Waals surface area contributed by atoms with E-state index in [1.165, 1.54) is 18.2 Å². The molecule has 2 aliphatic carbocycles. The average molecular weight is 310 g/mol. The molecular formula is C18H21NO3. The molecule has 2 bridgehead atoms. The number of ether oxygens (including phenoxy) is 2. The van der Waals surface area contributed by atoms with Gasteiger partial charge >= 0.3 is 0 Å². The second-order valence-electron chi connectivity index (χ2n) is 6.00. The van der Waals surface area contributed by atoms with Crippen LogP contribution in [0.5, 0.6) is 11.5 Å². The standard InChI is InChI=1S/C18H21NO3/c1-19-8-7-18-11-4-5-13(20)17(18)22-16-14(21-2)6-3-10(15(16)18)9-12(11)19/h3-6,11-13,17,20H,7-9H2,1-2H3/t11-,12+,13?,17?,18-/m0/s1/i1D3,2D3,11D,12D,13D,17D,20D. The maximum absolute atomic E-state index is 9.49. The Morgan fingerprint density at radius 3 is 3.41 bits per heavy atom. The smallest absolute Gasteiger partial charge is 0.211 e. The lowest BCUT2D eigenvalue weighted by atomic mass is 9.53. The number of aliphatic hydroxyl groups is 1. The number of benzene rings is 1. The summed E-state index contributed by atoms with van der Waals surface area (Å²) >= 11 is 0. The van der Waals surface area contributed by atoms with E-state index in [9.17, 15) is 4.11 Å². The molecule has 1 aromatic carbocycles.